The van der Waals surface area contributed by atoms with E-state index in [1.807, 2.05) is 0 Å². The maximum atomic E-state index is 3.74. The van der Waals surface area contributed by atoms with E-state index in [1.165, 1.54) is 38.6 Å². The summed E-state index contributed by atoms with van der Waals surface area (Å²) in [5, 5.41) is 2.54. The molecular formula is C22H20BrN2+. The Balaban J connectivity index is 2.13. The van der Waals surface area contributed by atoms with Crippen molar-refractivity contribution in [2.24, 2.45) is 7.05 Å². The highest BCUT2D eigenvalue weighted by atomic mass is 79.9. The van der Waals surface area contributed by atoms with Crippen LogP contribution in [0.1, 0.15) is 0 Å². The van der Waals surface area contributed by atoms with Crippen LogP contribution in [0.15, 0.2) is 71.2 Å². The topological polar surface area (TPSA) is 7.12 Å². The Morgan fingerprint density at radius 1 is 0.800 bits per heavy atom. The number of para-hydroxylation sites is 2. The third-order valence-corrected chi connectivity index (χ3v) is 5.42. The first-order valence-corrected chi connectivity index (χ1v) is 9.14. The highest BCUT2D eigenvalue weighted by Gasteiger charge is 2.18. The van der Waals surface area contributed by atoms with E-state index in [0.29, 0.717) is 0 Å². The SMILES string of the molecule is CN(C)c1ccc(-c2c3ccccc3[n+](C)c3ccccc23)cc1Br. The molecule has 25 heavy (non-hydrogen) atoms. The Kier molecular flexibility index (Phi) is 3.97. The minimum atomic E-state index is 1.11. The van der Waals surface area contributed by atoms with Crippen molar-refractivity contribution in [2.75, 3.05) is 19.0 Å². The molecule has 0 radical (unpaired) electrons. The predicted molar refractivity (Wildman–Crippen MR) is 110 cm³/mol. The Hall–Kier alpha value is -2.39. The second kappa shape index (κ2) is 6.16. The lowest BCUT2D eigenvalue weighted by Gasteiger charge is -2.16. The number of rotatable bonds is 2. The highest BCUT2D eigenvalue weighted by Crippen LogP contribution is 2.37. The molecule has 0 atom stereocenters. The maximum absolute atomic E-state index is 3.74. The molecule has 2 nitrogen and oxygen atoms in total. The van der Waals surface area contributed by atoms with Gasteiger partial charge in [-0.2, -0.15) is 4.57 Å². The summed E-state index contributed by atoms with van der Waals surface area (Å²) in [5.41, 5.74) is 6.17. The number of hydrogen-bond acceptors (Lipinski definition) is 1. The van der Waals surface area contributed by atoms with Crippen molar-refractivity contribution in [3.05, 3.63) is 71.2 Å². The molecule has 0 saturated heterocycles. The van der Waals surface area contributed by atoms with Gasteiger partial charge in [-0.25, -0.2) is 0 Å². The fourth-order valence-electron chi connectivity index (χ4n) is 3.57. The van der Waals surface area contributed by atoms with Gasteiger partial charge in [0.15, 0.2) is 0 Å². The van der Waals surface area contributed by atoms with E-state index in [1.54, 1.807) is 0 Å². The summed E-state index contributed by atoms with van der Waals surface area (Å²) >= 11 is 3.74. The van der Waals surface area contributed by atoms with Crippen LogP contribution in [0.5, 0.6) is 0 Å². The summed E-state index contributed by atoms with van der Waals surface area (Å²) in [6.45, 7) is 0. The zero-order valence-corrected chi connectivity index (χ0v) is 16.2. The molecule has 1 heterocycles. The number of nitrogens with zero attached hydrogens (tertiary/aromatic N) is 2. The quantitative estimate of drug-likeness (QED) is 0.331. The molecule has 4 rings (SSSR count). The molecule has 0 saturated carbocycles. The molecule has 0 unspecified atom stereocenters. The number of pyridine rings is 1. The van der Waals surface area contributed by atoms with Gasteiger partial charge in [-0.15, -0.1) is 0 Å². The molecule has 0 bridgehead atoms. The van der Waals surface area contributed by atoms with E-state index in [9.17, 15) is 0 Å². The number of aromatic nitrogens is 1. The molecule has 0 aliphatic carbocycles. The zero-order chi connectivity index (χ0) is 17.6. The van der Waals surface area contributed by atoms with E-state index in [4.69, 9.17) is 0 Å². The molecule has 0 aliphatic heterocycles. The summed E-state index contributed by atoms with van der Waals surface area (Å²) in [5.74, 6) is 0. The predicted octanol–water partition coefficient (Wildman–Crippen LogP) is 5.31. The summed E-state index contributed by atoms with van der Waals surface area (Å²) < 4.78 is 3.38. The van der Waals surface area contributed by atoms with Crippen LogP contribution in [0.2, 0.25) is 0 Å². The van der Waals surface area contributed by atoms with E-state index >= 15 is 0 Å². The van der Waals surface area contributed by atoms with Gasteiger partial charge in [0, 0.05) is 36.3 Å². The van der Waals surface area contributed by atoms with Crippen LogP contribution in [0.25, 0.3) is 32.9 Å². The van der Waals surface area contributed by atoms with Crippen molar-refractivity contribution in [3.63, 3.8) is 0 Å². The van der Waals surface area contributed by atoms with Gasteiger partial charge in [-0.1, -0.05) is 30.3 Å². The van der Waals surface area contributed by atoms with E-state index in [2.05, 4.69) is 113 Å². The van der Waals surface area contributed by atoms with Crippen LogP contribution in [0.4, 0.5) is 5.69 Å². The first-order valence-electron chi connectivity index (χ1n) is 8.34. The Bertz CT molecular complexity index is 1040. The number of benzene rings is 3. The minimum absolute atomic E-state index is 1.11. The van der Waals surface area contributed by atoms with Gasteiger partial charge in [0.25, 0.3) is 0 Å². The van der Waals surface area contributed by atoms with Crippen LogP contribution >= 0.6 is 15.9 Å². The third-order valence-electron chi connectivity index (χ3n) is 4.79. The van der Waals surface area contributed by atoms with Crippen molar-refractivity contribution in [2.45, 2.75) is 0 Å². The zero-order valence-electron chi connectivity index (χ0n) is 14.6. The Labute approximate surface area is 156 Å². The molecule has 0 N–H and O–H groups in total. The van der Waals surface area contributed by atoms with Gasteiger partial charge in [-0.05, 0) is 45.8 Å². The molecule has 3 heteroatoms. The van der Waals surface area contributed by atoms with Gasteiger partial charge in [0.1, 0.15) is 7.05 Å². The average Bonchev–Trinajstić information content (AvgIpc) is 2.62. The highest BCUT2D eigenvalue weighted by molar-refractivity contribution is 9.10. The van der Waals surface area contributed by atoms with Crippen molar-refractivity contribution in [3.8, 4) is 11.1 Å². The second-order valence-electron chi connectivity index (χ2n) is 6.53. The second-order valence-corrected chi connectivity index (χ2v) is 7.38. The summed E-state index contributed by atoms with van der Waals surface area (Å²) in [6, 6.07) is 23.9. The molecule has 4 aromatic rings. The van der Waals surface area contributed by atoms with Crippen LogP contribution < -0.4 is 9.47 Å². The largest absolute Gasteiger partial charge is 0.377 e. The van der Waals surface area contributed by atoms with Gasteiger partial charge in [-0.3, -0.25) is 0 Å². The lowest BCUT2D eigenvalue weighted by molar-refractivity contribution is -0.617. The molecule has 0 fully saturated rings. The lowest BCUT2D eigenvalue weighted by atomic mass is 9.95. The standard InChI is InChI=1S/C22H20BrN2/c1-24(2)21-13-12-15(14-18(21)23)22-16-8-4-6-10-19(16)25(3)20-11-7-5-9-17(20)22/h4-14H,1-3H3/q+1. The van der Waals surface area contributed by atoms with E-state index in [0.717, 1.165) is 4.47 Å². The number of hydrogen-bond donors (Lipinski definition) is 0. The van der Waals surface area contributed by atoms with Crippen molar-refractivity contribution < 1.29 is 4.57 Å². The number of anilines is 1. The first-order chi connectivity index (χ1) is 12.1. The fraction of sp³-hybridized carbons (Fsp3) is 0.136. The Morgan fingerprint density at radius 2 is 1.36 bits per heavy atom. The molecule has 0 aliphatic rings. The van der Waals surface area contributed by atoms with Crippen LogP contribution in [0.3, 0.4) is 0 Å². The van der Waals surface area contributed by atoms with Gasteiger partial charge in [0.2, 0.25) is 11.0 Å². The van der Waals surface area contributed by atoms with Crippen LogP contribution in [0, 0.1) is 0 Å². The number of fused-ring (bicyclic) bond motifs is 2. The molecule has 124 valence electrons. The third kappa shape index (κ3) is 2.59. The Morgan fingerprint density at radius 3 is 1.88 bits per heavy atom. The van der Waals surface area contributed by atoms with Gasteiger partial charge < -0.3 is 4.90 Å². The minimum Gasteiger partial charge on any atom is -0.377 e. The number of aryl methyl sites for hydroxylation is 1. The van der Waals surface area contributed by atoms with Crippen LogP contribution in [-0.4, -0.2) is 14.1 Å². The van der Waals surface area contributed by atoms with Gasteiger partial charge in [0.05, 0.1) is 16.5 Å². The molecule has 0 amide bonds. The average molecular weight is 392 g/mol. The summed E-state index contributed by atoms with van der Waals surface area (Å²) in [6.07, 6.45) is 0. The first kappa shape index (κ1) is 16.1. The monoisotopic (exact) mass is 391 g/mol. The molecule has 1 aromatic heterocycles. The van der Waals surface area contributed by atoms with Gasteiger partial charge >= 0.3 is 0 Å². The number of halogens is 1. The van der Waals surface area contributed by atoms with Crippen molar-refractivity contribution in [1.82, 2.24) is 0 Å². The fourth-order valence-corrected chi connectivity index (χ4v) is 4.30. The lowest BCUT2D eigenvalue weighted by Crippen LogP contribution is -2.30. The molecule has 0 spiro atoms. The summed E-state index contributed by atoms with van der Waals surface area (Å²) in [4.78, 5) is 2.12. The van der Waals surface area contributed by atoms with Crippen LogP contribution in [-0.2, 0) is 7.05 Å². The normalized spacial score (nSPS) is 11.2. The van der Waals surface area contributed by atoms with Crippen molar-refractivity contribution in [1.29, 1.82) is 0 Å². The summed E-state index contributed by atoms with van der Waals surface area (Å²) in [7, 11) is 6.26. The van der Waals surface area contributed by atoms with E-state index in [-0.39, 0.29) is 0 Å². The maximum Gasteiger partial charge on any atom is 0.213 e. The van der Waals surface area contributed by atoms with Crippen molar-refractivity contribution >= 4 is 43.4 Å². The molecular weight excluding hydrogens is 372 g/mol. The smallest absolute Gasteiger partial charge is 0.213 e. The van der Waals surface area contributed by atoms with E-state index < -0.39 is 0 Å². The molecule has 3 aromatic carbocycles.